The van der Waals surface area contributed by atoms with Gasteiger partial charge in [0.05, 0.1) is 26.0 Å². The van der Waals surface area contributed by atoms with Crippen LogP contribution in [0.1, 0.15) is 19.3 Å². The number of quaternary nitrogens is 1. The summed E-state index contributed by atoms with van der Waals surface area (Å²) in [4.78, 5) is 6.50. The van der Waals surface area contributed by atoms with Crippen LogP contribution < -0.4 is 21.1 Å². The Hall–Kier alpha value is -2.05. The first-order chi connectivity index (χ1) is 11.3. The van der Waals surface area contributed by atoms with Crippen LogP contribution in [0.3, 0.4) is 0 Å². The summed E-state index contributed by atoms with van der Waals surface area (Å²) in [5.41, 5.74) is 10.6. The van der Waals surface area contributed by atoms with Crippen molar-refractivity contribution in [2.75, 3.05) is 43.5 Å². The first-order valence-corrected chi connectivity index (χ1v) is 8.13. The number of rotatable bonds is 8. The van der Waals surface area contributed by atoms with Gasteiger partial charge in [-0.25, -0.2) is 0 Å². The largest absolute Gasteiger partial charge is 0.478 e. The van der Waals surface area contributed by atoms with Gasteiger partial charge in [0, 0.05) is 30.9 Å². The van der Waals surface area contributed by atoms with Gasteiger partial charge < -0.3 is 25.8 Å². The summed E-state index contributed by atoms with van der Waals surface area (Å²) in [5, 5.41) is 0. The van der Waals surface area contributed by atoms with Crippen LogP contribution in [-0.2, 0) is 4.74 Å². The van der Waals surface area contributed by atoms with Gasteiger partial charge in [-0.15, -0.1) is 0 Å². The van der Waals surface area contributed by atoms with Crippen LogP contribution in [0.4, 0.5) is 11.5 Å². The van der Waals surface area contributed by atoms with Crippen molar-refractivity contribution in [3.05, 3.63) is 36.6 Å². The quantitative estimate of drug-likeness (QED) is 0.558. The molecule has 23 heavy (non-hydrogen) atoms. The van der Waals surface area contributed by atoms with E-state index in [-0.39, 0.29) is 0 Å². The maximum Gasteiger partial charge on any atom is 0.217 e. The number of nitrogen functional groups attached to an aromatic ring is 1. The molecule has 6 nitrogen and oxygen atoms in total. The Morgan fingerprint density at radius 1 is 1.26 bits per heavy atom. The minimum Gasteiger partial charge on any atom is -0.478 e. The smallest absolute Gasteiger partial charge is 0.217 e. The number of anilines is 2. The van der Waals surface area contributed by atoms with Crippen LogP contribution in [0, 0.1) is 0 Å². The standard InChI is InChI=1S/C17H26N4O2/c18-7-5-3-1-2-4-6-10-23-17-14-15(13-16(19)20-17)21-8-11-22-12-9-21/h1,3,5,7,13-14H,2,4,6,8-12,18H2,(H2,19,20)/p+1/b3-1-,7-5-. The van der Waals surface area contributed by atoms with Crippen LogP contribution in [0.15, 0.2) is 36.6 Å². The van der Waals surface area contributed by atoms with Crippen molar-refractivity contribution in [3.63, 3.8) is 0 Å². The highest BCUT2D eigenvalue weighted by Crippen LogP contribution is 2.23. The third-order valence-corrected chi connectivity index (χ3v) is 3.58. The number of nitrogens with zero attached hydrogens (tertiary/aromatic N) is 2. The Kier molecular flexibility index (Phi) is 7.42. The monoisotopic (exact) mass is 319 g/mol. The molecule has 1 aromatic heterocycles. The third kappa shape index (κ3) is 6.30. The molecule has 0 unspecified atom stereocenters. The van der Waals surface area contributed by atoms with E-state index in [1.807, 2.05) is 24.3 Å². The number of unbranched alkanes of at least 4 members (excludes halogenated alkanes) is 2. The summed E-state index contributed by atoms with van der Waals surface area (Å²) in [6.07, 6.45) is 11.0. The lowest BCUT2D eigenvalue weighted by atomic mass is 10.2. The molecule has 1 aliphatic heterocycles. The molecular weight excluding hydrogens is 292 g/mol. The Balaban J connectivity index is 1.77. The first kappa shape index (κ1) is 17.3. The molecule has 1 aromatic rings. The van der Waals surface area contributed by atoms with E-state index in [2.05, 4.69) is 21.7 Å². The maximum absolute atomic E-state index is 5.89. The van der Waals surface area contributed by atoms with E-state index in [0.29, 0.717) is 18.3 Å². The van der Waals surface area contributed by atoms with Gasteiger partial charge in [0.2, 0.25) is 5.88 Å². The van der Waals surface area contributed by atoms with Crippen LogP contribution in [0.5, 0.6) is 5.88 Å². The molecule has 6 heteroatoms. The molecule has 1 saturated heterocycles. The minimum atomic E-state index is 0.492. The molecule has 5 N–H and O–H groups in total. The summed E-state index contributed by atoms with van der Waals surface area (Å²) in [7, 11) is 0. The number of nitrogens with two attached hydrogens (primary N) is 1. The zero-order valence-electron chi connectivity index (χ0n) is 13.6. The molecule has 0 aromatic carbocycles. The minimum absolute atomic E-state index is 0.492. The summed E-state index contributed by atoms with van der Waals surface area (Å²) >= 11 is 0. The molecule has 0 saturated carbocycles. The van der Waals surface area contributed by atoms with Crippen molar-refractivity contribution in [1.82, 2.24) is 4.98 Å². The fourth-order valence-corrected chi connectivity index (χ4v) is 2.38. The normalized spacial score (nSPS) is 15.6. The molecule has 0 aliphatic carbocycles. The molecule has 0 spiro atoms. The Labute approximate surface area is 137 Å². The van der Waals surface area contributed by atoms with Crippen molar-refractivity contribution >= 4 is 11.5 Å². The summed E-state index contributed by atoms with van der Waals surface area (Å²) in [6, 6.07) is 3.85. The molecule has 126 valence electrons. The summed E-state index contributed by atoms with van der Waals surface area (Å²) < 4.78 is 11.1. The van der Waals surface area contributed by atoms with E-state index in [9.17, 15) is 0 Å². The van der Waals surface area contributed by atoms with Gasteiger partial charge in [0.1, 0.15) is 5.82 Å². The molecule has 0 amide bonds. The molecular formula is C17H27N4O2+. The van der Waals surface area contributed by atoms with Gasteiger partial charge in [0.25, 0.3) is 0 Å². The maximum atomic E-state index is 5.89. The molecule has 0 radical (unpaired) electrons. The second-order valence-electron chi connectivity index (χ2n) is 5.39. The molecule has 0 bridgehead atoms. The van der Waals surface area contributed by atoms with Crippen molar-refractivity contribution in [2.24, 2.45) is 0 Å². The van der Waals surface area contributed by atoms with E-state index >= 15 is 0 Å². The number of aromatic nitrogens is 1. The SMILES string of the molecule is Nc1cc(N2CCOCC2)cc(OCCCC/C=C\C=C/[NH3+])n1. The molecule has 1 fully saturated rings. The predicted molar refractivity (Wildman–Crippen MR) is 92.2 cm³/mol. The fourth-order valence-electron chi connectivity index (χ4n) is 2.38. The van der Waals surface area contributed by atoms with Gasteiger partial charge in [-0.2, -0.15) is 4.98 Å². The zero-order chi connectivity index (χ0) is 16.3. The Bertz CT molecular complexity index is 525. The fraction of sp³-hybridized carbons (Fsp3) is 0.471. The van der Waals surface area contributed by atoms with Gasteiger partial charge in [0.15, 0.2) is 0 Å². The summed E-state index contributed by atoms with van der Waals surface area (Å²) in [5.74, 6) is 1.09. The van der Waals surface area contributed by atoms with Crippen molar-refractivity contribution in [1.29, 1.82) is 0 Å². The molecule has 2 rings (SSSR count). The molecule has 1 aliphatic rings. The van der Waals surface area contributed by atoms with Crippen molar-refractivity contribution < 1.29 is 15.2 Å². The number of ether oxygens (including phenoxy) is 2. The first-order valence-electron chi connectivity index (χ1n) is 8.13. The lowest BCUT2D eigenvalue weighted by Gasteiger charge is -2.29. The molecule has 2 heterocycles. The zero-order valence-corrected chi connectivity index (χ0v) is 13.6. The molecule has 0 atom stereocenters. The number of hydrogen-bond donors (Lipinski definition) is 2. The van der Waals surface area contributed by atoms with E-state index < -0.39 is 0 Å². The van der Waals surface area contributed by atoms with Crippen LogP contribution in [0.25, 0.3) is 0 Å². The van der Waals surface area contributed by atoms with E-state index in [4.69, 9.17) is 15.2 Å². The highest BCUT2D eigenvalue weighted by Gasteiger charge is 2.13. The van der Waals surface area contributed by atoms with Gasteiger partial charge in [-0.3, -0.25) is 0 Å². The van der Waals surface area contributed by atoms with Gasteiger partial charge >= 0.3 is 0 Å². The number of hydrogen-bond acceptors (Lipinski definition) is 5. The lowest BCUT2D eigenvalue weighted by molar-refractivity contribution is -0.274. The third-order valence-electron chi connectivity index (χ3n) is 3.58. The van der Waals surface area contributed by atoms with Crippen LogP contribution >= 0.6 is 0 Å². The Morgan fingerprint density at radius 3 is 2.87 bits per heavy atom. The second-order valence-corrected chi connectivity index (χ2v) is 5.39. The highest BCUT2D eigenvalue weighted by molar-refractivity contribution is 5.55. The topological polar surface area (TPSA) is 88.2 Å². The summed E-state index contributed by atoms with van der Waals surface area (Å²) in [6.45, 7) is 3.89. The van der Waals surface area contributed by atoms with E-state index in [1.54, 1.807) is 6.20 Å². The van der Waals surface area contributed by atoms with Crippen molar-refractivity contribution in [2.45, 2.75) is 19.3 Å². The lowest BCUT2D eigenvalue weighted by Crippen LogP contribution is -2.38. The Morgan fingerprint density at radius 2 is 2.09 bits per heavy atom. The van der Waals surface area contributed by atoms with E-state index in [0.717, 1.165) is 51.3 Å². The number of pyridine rings is 1. The van der Waals surface area contributed by atoms with Gasteiger partial charge in [-0.1, -0.05) is 12.2 Å². The van der Waals surface area contributed by atoms with Crippen molar-refractivity contribution in [3.8, 4) is 5.88 Å². The van der Waals surface area contributed by atoms with Crippen LogP contribution in [0.2, 0.25) is 0 Å². The average molecular weight is 319 g/mol. The average Bonchev–Trinajstić information content (AvgIpc) is 2.57. The van der Waals surface area contributed by atoms with Crippen LogP contribution in [-0.4, -0.2) is 37.9 Å². The highest BCUT2D eigenvalue weighted by atomic mass is 16.5. The van der Waals surface area contributed by atoms with E-state index in [1.165, 1.54) is 0 Å². The number of morpholine rings is 1. The predicted octanol–water partition coefficient (Wildman–Crippen LogP) is 1.36. The van der Waals surface area contributed by atoms with Gasteiger partial charge in [-0.05, 0) is 25.3 Å². The number of allylic oxidation sites excluding steroid dienone is 3. The second kappa shape index (κ2) is 9.86.